The molecule has 3 rings (SSSR count). The van der Waals surface area contributed by atoms with Gasteiger partial charge < -0.3 is 9.47 Å². The van der Waals surface area contributed by atoms with E-state index in [0.717, 1.165) is 29.5 Å². The van der Waals surface area contributed by atoms with Crippen LogP contribution in [0.3, 0.4) is 0 Å². The lowest BCUT2D eigenvalue weighted by molar-refractivity contribution is 0.437. The predicted octanol–water partition coefficient (Wildman–Crippen LogP) is 3.74. The van der Waals surface area contributed by atoms with E-state index in [1.54, 1.807) is 0 Å². The fourth-order valence-electron chi connectivity index (χ4n) is 2.40. The lowest BCUT2D eigenvalue weighted by Gasteiger charge is -2.11. The van der Waals surface area contributed by atoms with Crippen LogP contribution in [0.4, 0.5) is 0 Å². The Bertz CT molecular complexity index is 734. The van der Waals surface area contributed by atoms with Crippen LogP contribution in [0.5, 0.6) is 0 Å². The van der Waals surface area contributed by atoms with E-state index < -0.39 is 0 Å². The summed E-state index contributed by atoms with van der Waals surface area (Å²) in [7, 11) is 4.21. The molecule has 0 N–H and O–H groups in total. The number of benzene rings is 2. The normalized spacial score (nSPS) is 11.4. The minimum absolute atomic E-state index is 0.867. The van der Waals surface area contributed by atoms with E-state index in [-0.39, 0.29) is 0 Å². The molecule has 1 heterocycles. The number of hydrogen-bond acceptors (Lipinski definition) is 3. The number of nitrogens with zero attached hydrogens (tertiary/aromatic N) is 3. The molecule has 0 aliphatic carbocycles. The minimum Gasteiger partial charge on any atom is -0.314 e. The van der Waals surface area contributed by atoms with Crippen LogP contribution in [-0.2, 0) is 6.54 Å². The van der Waals surface area contributed by atoms with Crippen LogP contribution in [0.2, 0.25) is 0 Å². The van der Waals surface area contributed by atoms with Crippen molar-refractivity contribution in [3.63, 3.8) is 0 Å². The summed E-state index contributed by atoms with van der Waals surface area (Å²) in [6.07, 6.45) is 0. The second-order valence-electron chi connectivity index (χ2n) is 5.61. The number of aromatic nitrogens is 2. The van der Waals surface area contributed by atoms with E-state index in [1.165, 1.54) is 11.1 Å². The van der Waals surface area contributed by atoms with Crippen molar-refractivity contribution in [2.75, 3.05) is 26.4 Å². The quantitative estimate of drug-likeness (QED) is 0.647. The standard InChI is InChI=1S/C18H21N3S/c1-20(2)12-13-22-18-19-16-10-6-7-11-17(16)21(18)14-15-8-4-3-5-9-15/h3-11H,12-14H2,1-2H3. The molecule has 0 unspecified atom stereocenters. The molecule has 0 spiro atoms. The molecule has 22 heavy (non-hydrogen) atoms. The minimum atomic E-state index is 0.867. The lowest BCUT2D eigenvalue weighted by Crippen LogP contribution is -2.15. The zero-order chi connectivity index (χ0) is 15.4. The molecule has 4 heteroatoms. The molecule has 114 valence electrons. The van der Waals surface area contributed by atoms with Crippen LogP contribution in [0.1, 0.15) is 5.56 Å². The number of para-hydroxylation sites is 2. The fraction of sp³-hybridized carbons (Fsp3) is 0.278. The van der Waals surface area contributed by atoms with Gasteiger partial charge in [0, 0.05) is 12.3 Å². The Kier molecular flexibility index (Phi) is 4.80. The fourth-order valence-corrected chi connectivity index (χ4v) is 3.52. The first kappa shape index (κ1) is 15.1. The molecule has 1 aromatic heterocycles. The van der Waals surface area contributed by atoms with Crippen molar-refractivity contribution in [1.29, 1.82) is 0 Å². The van der Waals surface area contributed by atoms with Gasteiger partial charge in [-0.2, -0.15) is 0 Å². The SMILES string of the molecule is CN(C)CCSc1nc2ccccc2n1Cc1ccccc1. The lowest BCUT2D eigenvalue weighted by atomic mass is 10.2. The average molecular weight is 311 g/mol. The molecular weight excluding hydrogens is 290 g/mol. The first-order valence-corrected chi connectivity index (χ1v) is 8.49. The Hall–Kier alpha value is -1.78. The van der Waals surface area contributed by atoms with Gasteiger partial charge in [-0.05, 0) is 31.8 Å². The Morgan fingerprint density at radius 3 is 2.50 bits per heavy atom. The smallest absolute Gasteiger partial charge is 0.169 e. The molecule has 0 radical (unpaired) electrons. The Balaban J connectivity index is 1.91. The number of thioether (sulfide) groups is 1. The monoisotopic (exact) mass is 311 g/mol. The summed E-state index contributed by atoms with van der Waals surface area (Å²) < 4.78 is 2.32. The highest BCUT2D eigenvalue weighted by Crippen LogP contribution is 2.25. The molecule has 3 aromatic rings. The van der Waals surface area contributed by atoms with Crippen molar-refractivity contribution in [1.82, 2.24) is 14.5 Å². The summed E-state index contributed by atoms with van der Waals surface area (Å²) in [5, 5.41) is 1.10. The summed E-state index contributed by atoms with van der Waals surface area (Å²) in [5.74, 6) is 1.05. The maximum atomic E-state index is 4.81. The molecule has 0 aliphatic heterocycles. The van der Waals surface area contributed by atoms with Crippen molar-refractivity contribution in [3.8, 4) is 0 Å². The van der Waals surface area contributed by atoms with Gasteiger partial charge in [-0.1, -0.05) is 54.2 Å². The summed E-state index contributed by atoms with van der Waals surface area (Å²) in [5.41, 5.74) is 3.59. The Morgan fingerprint density at radius 2 is 1.73 bits per heavy atom. The van der Waals surface area contributed by atoms with Gasteiger partial charge in [-0.15, -0.1) is 0 Å². The molecule has 0 atom stereocenters. The van der Waals surface area contributed by atoms with Crippen molar-refractivity contribution in [2.45, 2.75) is 11.7 Å². The summed E-state index contributed by atoms with van der Waals surface area (Å²) >= 11 is 1.83. The first-order chi connectivity index (χ1) is 10.7. The maximum Gasteiger partial charge on any atom is 0.169 e. The van der Waals surface area contributed by atoms with Crippen LogP contribution in [0.25, 0.3) is 11.0 Å². The van der Waals surface area contributed by atoms with Gasteiger partial charge in [0.15, 0.2) is 5.16 Å². The molecule has 3 nitrogen and oxygen atoms in total. The third-order valence-electron chi connectivity index (χ3n) is 3.57. The van der Waals surface area contributed by atoms with Crippen molar-refractivity contribution < 1.29 is 0 Å². The maximum absolute atomic E-state index is 4.81. The summed E-state index contributed by atoms with van der Waals surface area (Å²) in [6.45, 7) is 1.92. The third-order valence-corrected chi connectivity index (χ3v) is 4.53. The summed E-state index contributed by atoms with van der Waals surface area (Å²) in [4.78, 5) is 7.02. The van der Waals surface area contributed by atoms with E-state index >= 15 is 0 Å². The zero-order valence-electron chi connectivity index (χ0n) is 13.1. The highest BCUT2D eigenvalue weighted by atomic mass is 32.2. The number of hydrogen-bond donors (Lipinski definition) is 0. The van der Waals surface area contributed by atoms with Gasteiger partial charge in [0.1, 0.15) is 0 Å². The van der Waals surface area contributed by atoms with Gasteiger partial charge in [-0.25, -0.2) is 4.98 Å². The molecule has 0 amide bonds. The number of rotatable bonds is 6. The van der Waals surface area contributed by atoms with Crippen LogP contribution in [0.15, 0.2) is 59.8 Å². The van der Waals surface area contributed by atoms with E-state index in [0.29, 0.717) is 0 Å². The van der Waals surface area contributed by atoms with Gasteiger partial charge in [0.25, 0.3) is 0 Å². The summed E-state index contributed by atoms with van der Waals surface area (Å²) in [6, 6.07) is 19.0. The van der Waals surface area contributed by atoms with Crippen LogP contribution >= 0.6 is 11.8 Å². The first-order valence-electron chi connectivity index (χ1n) is 7.51. The predicted molar refractivity (Wildman–Crippen MR) is 94.6 cm³/mol. The topological polar surface area (TPSA) is 21.1 Å². The highest BCUT2D eigenvalue weighted by Gasteiger charge is 2.11. The molecular formula is C18H21N3S. The van der Waals surface area contributed by atoms with E-state index in [9.17, 15) is 0 Å². The Morgan fingerprint density at radius 1 is 1.00 bits per heavy atom. The van der Waals surface area contributed by atoms with Crippen molar-refractivity contribution in [3.05, 3.63) is 60.2 Å². The largest absolute Gasteiger partial charge is 0.314 e. The van der Waals surface area contributed by atoms with Crippen LogP contribution < -0.4 is 0 Å². The van der Waals surface area contributed by atoms with E-state index in [4.69, 9.17) is 4.98 Å². The molecule has 0 saturated heterocycles. The second kappa shape index (κ2) is 6.99. The zero-order valence-corrected chi connectivity index (χ0v) is 13.9. The van der Waals surface area contributed by atoms with Crippen LogP contribution in [0, 0.1) is 0 Å². The number of fused-ring (bicyclic) bond motifs is 1. The van der Waals surface area contributed by atoms with Gasteiger partial charge in [-0.3, -0.25) is 0 Å². The highest BCUT2D eigenvalue weighted by molar-refractivity contribution is 7.99. The third kappa shape index (κ3) is 3.51. The average Bonchev–Trinajstić information content (AvgIpc) is 2.86. The van der Waals surface area contributed by atoms with Gasteiger partial charge >= 0.3 is 0 Å². The van der Waals surface area contributed by atoms with Crippen LogP contribution in [-0.4, -0.2) is 40.8 Å². The number of imidazole rings is 1. The second-order valence-corrected chi connectivity index (χ2v) is 6.67. The van der Waals surface area contributed by atoms with Gasteiger partial charge in [0.05, 0.1) is 17.6 Å². The molecule has 0 bridgehead atoms. The molecule has 0 aliphatic rings. The van der Waals surface area contributed by atoms with E-state index in [1.807, 2.05) is 11.8 Å². The van der Waals surface area contributed by atoms with Gasteiger partial charge in [0.2, 0.25) is 0 Å². The molecule has 0 fully saturated rings. The van der Waals surface area contributed by atoms with E-state index in [2.05, 4.69) is 78.2 Å². The van der Waals surface area contributed by atoms with Crippen molar-refractivity contribution in [2.24, 2.45) is 0 Å². The Labute approximate surface area is 136 Å². The molecule has 2 aromatic carbocycles. The molecule has 0 saturated carbocycles. The van der Waals surface area contributed by atoms with Crippen molar-refractivity contribution >= 4 is 22.8 Å².